The maximum Gasteiger partial charge on any atom is 0.334 e. The Labute approximate surface area is 290 Å². The molecule has 2 aromatic carbocycles. The van der Waals surface area contributed by atoms with Gasteiger partial charge in [-0.1, -0.05) is 107 Å². The summed E-state index contributed by atoms with van der Waals surface area (Å²) >= 11 is 0. The normalized spacial score (nSPS) is 13.7. The van der Waals surface area contributed by atoms with Gasteiger partial charge in [-0.2, -0.15) is 0 Å². The van der Waals surface area contributed by atoms with E-state index in [2.05, 4.69) is 99.5 Å². The first kappa shape index (κ1) is 44.9. The average molecular weight is 717 g/mol. The molecule has 0 fully saturated rings. The SMILES string of the molecule is CC(C)(C)c1cc(CN)c(C(O)(c2c(CN)cc(C(C)(C)C)cc2C(C)(C)C)C(CO)(CO)CO)c(C(C)(C)C)c1.OP(O)OP(O)O. The van der Waals surface area contributed by atoms with Crippen molar-refractivity contribution in [3.63, 3.8) is 0 Å². The zero-order valence-electron chi connectivity index (χ0n) is 30.9. The molecule has 0 aliphatic carbocycles. The van der Waals surface area contributed by atoms with Crippen LogP contribution >= 0.6 is 17.2 Å². The molecule has 0 heterocycles. The zero-order chi connectivity index (χ0) is 37.8. The van der Waals surface area contributed by atoms with Crippen LogP contribution in [-0.4, -0.2) is 59.8 Å². The Kier molecular flexibility index (Phi) is 15.4. The van der Waals surface area contributed by atoms with Crippen molar-refractivity contribution < 1.29 is 44.3 Å². The topological polar surface area (TPSA) is 223 Å². The van der Waals surface area contributed by atoms with Crippen LogP contribution in [0.15, 0.2) is 24.3 Å². The van der Waals surface area contributed by atoms with E-state index in [0.717, 1.165) is 22.3 Å². The van der Waals surface area contributed by atoms with Gasteiger partial charge in [-0.25, -0.2) is 4.31 Å². The molecule has 0 aliphatic rings. The molecule has 2 rings (SSSR count). The lowest BCUT2D eigenvalue weighted by Crippen LogP contribution is -2.56. The molecule has 0 atom stereocenters. The van der Waals surface area contributed by atoms with Crippen LogP contribution in [0.2, 0.25) is 0 Å². The van der Waals surface area contributed by atoms with Gasteiger partial charge in [0.25, 0.3) is 0 Å². The summed E-state index contributed by atoms with van der Waals surface area (Å²) in [7, 11) is -5.22. The molecule has 11 nitrogen and oxygen atoms in total. The Morgan fingerprint density at radius 3 is 1.00 bits per heavy atom. The summed E-state index contributed by atoms with van der Waals surface area (Å²) in [4.78, 5) is 31.3. The summed E-state index contributed by atoms with van der Waals surface area (Å²) in [5.41, 5.74) is 14.1. The van der Waals surface area contributed by atoms with E-state index in [0.29, 0.717) is 22.3 Å². The molecule has 276 valence electrons. The summed E-state index contributed by atoms with van der Waals surface area (Å²) in [6.07, 6.45) is 0. The molecule has 48 heavy (non-hydrogen) atoms. The molecule has 0 radical (unpaired) electrons. The molecule has 0 unspecified atom stereocenters. The van der Waals surface area contributed by atoms with Gasteiger partial charge in [0.2, 0.25) is 0 Å². The second kappa shape index (κ2) is 16.5. The van der Waals surface area contributed by atoms with Crippen LogP contribution in [-0.2, 0) is 44.7 Å². The minimum Gasteiger partial charge on any atom is -0.395 e. The van der Waals surface area contributed by atoms with E-state index >= 15 is 0 Å². The van der Waals surface area contributed by atoms with Crippen LogP contribution in [0.1, 0.15) is 128 Å². The predicted molar refractivity (Wildman–Crippen MR) is 194 cm³/mol. The summed E-state index contributed by atoms with van der Waals surface area (Å²) in [5.74, 6) is 0. The molecule has 0 saturated carbocycles. The Hall–Kier alpha value is -1.14. The predicted octanol–water partition coefficient (Wildman–Crippen LogP) is 4.42. The van der Waals surface area contributed by atoms with E-state index in [9.17, 15) is 20.4 Å². The Morgan fingerprint density at radius 2 is 0.833 bits per heavy atom. The van der Waals surface area contributed by atoms with Crippen LogP contribution in [0.5, 0.6) is 0 Å². The van der Waals surface area contributed by atoms with Crippen molar-refractivity contribution in [3.05, 3.63) is 68.8 Å². The van der Waals surface area contributed by atoms with Crippen molar-refractivity contribution in [1.82, 2.24) is 0 Å². The molecule has 0 bridgehead atoms. The van der Waals surface area contributed by atoms with Crippen molar-refractivity contribution in [2.75, 3.05) is 19.8 Å². The van der Waals surface area contributed by atoms with Gasteiger partial charge in [-0.15, -0.1) is 0 Å². The van der Waals surface area contributed by atoms with E-state index in [4.69, 9.17) is 31.0 Å². The van der Waals surface area contributed by atoms with Gasteiger partial charge in [0.1, 0.15) is 5.60 Å². The average Bonchev–Trinajstić information content (AvgIpc) is 2.94. The van der Waals surface area contributed by atoms with Gasteiger partial charge >= 0.3 is 17.2 Å². The third-order valence-corrected chi connectivity index (χ3v) is 9.94. The molecule has 0 aromatic heterocycles. The molecule has 0 aliphatic heterocycles. The molecule has 0 amide bonds. The molecule has 2 aromatic rings. The Bertz CT molecular complexity index is 1250. The van der Waals surface area contributed by atoms with Gasteiger partial charge in [0, 0.05) is 13.1 Å². The monoisotopic (exact) mass is 716 g/mol. The number of aliphatic hydroxyl groups is 4. The van der Waals surface area contributed by atoms with Crippen molar-refractivity contribution in [2.45, 2.75) is 123 Å². The standard InChI is InChI=1S/C35H58N2O4.H4O5P2/c1-30(2,3)24-13-22(17-36)28(26(15-24)32(7,8)9)35(41,34(19-38,20-39)21-40)29-23(18-37)14-25(31(4,5)6)16-27(29)33(10,11)12;1-6(2)5-7(3)4/h13-16,38-41H,17-21,36-37H2,1-12H3;1-4H. The fraction of sp³-hybridized carbons (Fsp3) is 0.657. The number of aliphatic hydroxyl groups excluding tert-OH is 3. The number of hydrogen-bond acceptors (Lipinski definition) is 11. The van der Waals surface area contributed by atoms with Crippen molar-refractivity contribution in [1.29, 1.82) is 0 Å². The summed E-state index contributed by atoms with van der Waals surface area (Å²) in [6.45, 7) is 23.5. The Morgan fingerprint density at radius 1 is 0.542 bits per heavy atom. The van der Waals surface area contributed by atoms with E-state index in [-0.39, 0.29) is 23.9 Å². The second-order valence-electron chi connectivity index (χ2n) is 16.6. The van der Waals surface area contributed by atoms with E-state index in [1.54, 1.807) is 0 Å². The van der Waals surface area contributed by atoms with Crippen LogP contribution < -0.4 is 11.5 Å². The molecule has 13 heteroatoms. The maximum absolute atomic E-state index is 13.6. The molecular formula is C35H62N2O9P2. The van der Waals surface area contributed by atoms with Gasteiger partial charge in [-0.05, 0) is 66.2 Å². The summed E-state index contributed by atoms with van der Waals surface area (Å²) in [5, 5.41) is 46.5. The van der Waals surface area contributed by atoms with Crippen LogP contribution in [0, 0.1) is 5.41 Å². The lowest BCUT2D eigenvalue weighted by molar-refractivity contribution is -0.138. The first-order chi connectivity index (χ1) is 21.6. The zero-order valence-corrected chi connectivity index (χ0v) is 32.7. The van der Waals surface area contributed by atoms with Crippen molar-refractivity contribution in [2.24, 2.45) is 16.9 Å². The van der Waals surface area contributed by atoms with Gasteiger partial charge in [0.05, 0.1) is 25.2 Å². The van der Waals surface area contributed by atoms with Crippen molar-refractivity contribution >= 4 is 17.2 Å². The number of rotatable bonds is 10. The first-order valence-corrected chi connectivity index (χ1v) is 18.3. The highest BCUT2D eigenvalue weighted by Gasteiger charge is 2.57. The molecular weight excluding hydrogens is 654 g/mol. The third kappa shape index (κ3) is 10.0. The van der Waals surface area contributed by atoms with Crippen LogP contribution in [0.25, 0.3) is 0 Å². The third-order valence-electron chi connectivity index (χ3n) is 8.77. The van der Waals surface area contributed by atoms with E-state index in [1.165, 1.54) is 0 Å². The summed E-state index contributed by atoms with van der Waals surface area (Å²) < 4.78 is 3.60. The van der Waals surface area contributed by atoms with Crippen LogP contribution in [0.4, 0.5) is 0 Å². The van der Waals surface area contributed by atoms with Gasteiger partial charge < -0.3 is 51.5 Å². The van der Waals surface area contributed by atoms with Crippen molar-refractivity contribution in [3.8, 4) is 0 Å². The smallest absolute Gasteiger partial charge is 0.334 e. The largest absolute Gasteiger partial charge is 0.395 e. The van der Waals surface area contributed by atoms with Gasteiger partial charge in [-0.3, -0.25) is 0 Å². The highest BCUT2D eigenvalue weighted by Crippen LogP contribution is 2.54. The Balaban J connectivity index is 0.00000148. The fourth-order valence-electron chi connectivity index (χ4n) is 5.84. The molecule has 0 saturated heterocycles. The lowest BCUT2D eigenvalue weighted by atomic mass is 9.58. The molecule has 12 N–H and O–H groups in total. The fourth-order valence-corrected chi connectivity index (χ4v) is 6.37. The lowest BCUT2D eigenvalue weighted by Gasteiger charge is -2.50. The second-order valence-corrected chi connectivity index (χ2v) is 18.2. The van der Waals surface area contributed by atoms with E-state index < -0.39 is 58.9 Å². The highest BCUT2D eigenvalue weighted by molar-refractivity contribution is 7.53. The minimum absolute atomic E-state index is 0.117. The van der Waals surface area contributed by atoms with Gasteiger partial charge in [0.15, 0.2) is 0 Å². The quantitative estimate of drug-likeness (QED) is 0.155. The number of hydrogen-bond donors (Lipinski definition) is 10. The van der Waals surface area contributed by atoms with Crippen LogP contribution in [0.3, 0.4) is 0 Å². The number of nitrogens with two attached hydrogens (primary N) is 2. The summed E-state index contributed by atoms with van der Waals surface area (Å²) in [6, 6.07) is 8.27. The highest BCUT2D eigenvalue weighted by atomic mass is 31.2. The minimum atomic E-state index is -2.61. The first-order valence-electron chi connectivity index (χ1n) is 16.0. The number of benzene rings is 2. The maximum atomic E-state index is 13.6. The molecule has 0 spiro atoms. The van der Waals surface area contributed by atoms with E-state index in [1.807, 2.05) is 12.1 Å².